The first kappa shape index (κ1) is 53.5. The summed E-state index contributed by atoms with van der Waals surface area (Å²) in [5.74, 6) is -3.77. The largest absolute Gasteiger partial charge is 0.493 e. The van der Waals surface area contributed by atoms with Crippen molar-refractivity contribution in [2.45, 2.75) is 130 Å². The van der Waals surface area contributed by atoms with Crippen molar-refractivity contribution >= 4 is 35.4 Å². The van der Waals surface area contributed by atoms with Crippen LogP contribution in [0.5, 0.6) is 11.5 Å². The molecule has 0 unspecified atom stereocenters. The van der Waals surface area contributed by atoms with Crippen LogP contribution in [-0.4, -0.2) is 83.9 Å². The van der Waals surface area contributed by atoms with Crippen LogP contribution in [0, 0.1) is 11.8 Å². The quantitative estimate of drug-likeness (QED) is 0.0571. The molecule has 370 valence electrons. The number of hydrogen-bond acceptors (Lipinski definition) is 9. The molecule has 5 rings (SSSR count). The number of fused-ring (bicyclic) bond motifs is 5. The second-order valence-electron chi connectivity index (χ2n) is 19.1. The number of ketones is 2. The number of ether oxygens (including phenoxy) is 3. The Bertz CT molecular complexity index is 2410. The molecule has 69 heavy (non-hydrogen) atoms. The van der Waals surface area contributed by atoms with Gasteiger partial charge in [0.1, 0.15) is 35.8 Å². The molecular weight excluding hydrogens is 875 g/mol. The fourth-order valence-corrected chi connectivity index (χ4v) is 8.43. The van der Waals surface area contributed by atoms with E-state index in [2.05, 4.69) is 41.8 Å². The van der Waals surface area contributed by atoms with E-state index in [0.29, 0.717) is 65.2 Å². The topological polar surface area (TPSA) is 178 Å². The normalized spacial score (nSPS) is 16.6. The lowest BCUT2D eigenvalue weighted by Gasteiger charge is -2.32. The number of hydrogen-bond donors (Lipinski definition) is 3. The number of nitrogens with zero attached hydrogens (tertiary/aromatic N) is 1. The Morgan fingerprint density at radius 3 is 2.04 bits per heavy atom. The highest BCUT2D eigenvalue weighted by molar-refractivity contribution is 6.00. The van der Waals surface area contributed by atoms with Gasteiger partial charge in [-0.2, -0.15) is 0 Å². The highest BCUT2D eigenvalue weighted by atomic mass is 16.6. The van der Waals surface area contributed by atoms with Gasteiger partial charge in [0, 0.05) is 54.8 Å². The molecule has 4 atom stereocenters. The molecule has 4 bridgehead atoms. The number of unbranched alkanes of at least 4 members (excludes halogenated alkanes) is 2. The number of benzene rings is 4. The average molecular weight is 946 g/mol. The first-order chi connectivity index (χ1) is 32.9. The number of aryl methyl sites for hydroxylation is 1. The molecule has 0 spiro atoms. The molecule has 0 aromatic heterocycles. The zero-order valence-electron chi connectivity index (χ0n) is 41.7. The van der Waals surface area contributed by atoms with Gasteiger partial charge < -0.3 is 34.9 Å². The maximum Gasteiger partial charge on any atom is 0.407 e. The SMILES string of the molecule is CCCCc1ccc(-c2ccc(C(=O)C[C@@H](CCCC)C(=O)N(C)[C@@H]3C(=O)C[C@@H](C)C(=O)N[C@H](C(=O)O)Cc4ccc(OCCNC(=O)OC(C)(C)C)c(c4)-c4cc3ccc4OCCC)cc2)cc1. The Balaban J connectivity index is 1.52. The van der Waals surface area contributed by atoms with Crippen molar-refractivity contribution in [3.63, 3.8) is 0 Å². The molecule has 1 aliphatic rings. The number of carboxylic acid groups (broad SMARTS) is 1. The molecule has 0 fully saturated rings. The first-order valence-corrected chi connectivity index (χ1v) is 24.5. The Kier molecular flexibility index (Phi) is 19.5. The van der Waals surface area contributed by atoms with Crippen LogP contribution in [0.1, 0.15) is 133 Å². The summed E-state index contributed by atoms with van der Waals surface area (Å²) in [6.07, 6.45) is 4.79. The molecule has 0 saturated heterocycles. The van der Waals surface area contributed by atoms with E-state index in [-0.39, 0.29) is 38.2 Å². The third-order valence-electron chi connectivity index (χ3n) is 12.2. The van der Waals surface area contributed by atoms with Gasteiger partial charge in [0.15, 0.2) is 11.6 Å². The summed E-state index contributed by atoms with van der Waals surface area (Å²) in [4.78, 5) is 83.7. The molecule has 4 aromatic rings. The number of Topliss-reactive ketones (excluding diaryl/α,β-unsaturated/α-hetero) is 2. The number of rotatable bonds is 20. The summed E-state index contributed by atoms with van der Waals surface area (Å²) in [6, 6.07) is 23.8. The predicted octanol–water partition coefficient (Wildman–Crippen LogP) is 10.4. The lowest BCUT2D eigenvalue weighted by Crippen LogP contribution is -2.45. The zero-order valence-corrected chi connectivity index (χ0v) is 41.7. The minimum absolute atomic E-state index is 0.0372. The van der Waals surface area contributed by atoms with Crippen molar-refractivity contribution in [3.05, 3.63) is 107 Å². The number of aliphatic carboxylic acids is 1. The number of alkyl carbamates (subject to hydrolysis) is 1. The number of nitrogens with one attached hydrogen (secondary N) is 2. The molecule has 13 nitrogen and oxygen atoms in total. The lowest BCUT2D eigenvalue weighted by atomic mass is 9.88. The lowest BCUT2D eigenvalue weighted by molar-refractivity contribution is -0.144. The van der Waals surface area contributed by atoms with Crippen LogP contribution >= 0.6 is 0 Å². The number of likely N-dealkylation sites (N-methyl/N-ethyl adjacent to an activating group) is 1. The van der Waals surface area contributed by atoms with Gasteiger partial charge in [0.2, 0.25) is 11.8 Å². The van der Waals surface area contributed by atoms with E-state index in [1.54, 1.807) is 83.3 Å². The predicted molar refractivity (Wildman–Crippen MR) is 267 cm³/mol. The molecule has 13 heteroatoms. The van der Waals surface area contributed by atoms with Crippen molar-refractivity contribution in [3.8, 4) is 33.8 Å². The third-order valence-corrected chi connectivity index (χ3v) is 12.2. The smallest absolute Gasteiger partial charge is 0.407 e. The summed E-state index contributed by atoms with van der Waals surface area (Å²) in [7, 11) is 1.55. The van der Waals surface area contributed by atoms with E-state index < -0.39 is 59.2 Å². The summed E-state index contributed by atoms with van der Waals surface area (Å²) in [5, 5.41) is 15.6. The Hall–Kier alpha value is -6.50. The van der Waals surface area contributed by atoms with Gasteiger partial charge in [-0.05, 0) is 98.5 Å². The summed E-state index contributed by atoms with van der Waals surface area (Å²) >= 11 is 0. The Morgan fingerprint density at radius 1 is 0.797 bits per heavy atom. The van der Waals surface area contributed by atoms with E-state index in [9.17, 15) is 33.9 Å². The van der Waals surface area contributed by atoms with Gasteiger partial charge in [-0.3, -0.25) is 19.2 Å². The molecule has 3 N–H and O–H groups in total. The van der Waals surface area contributed by atoms with Crippen LogP contribution in [0.15, 0.2) is 84.9 Å². The maximum absolute atomic E-state index is 14.9. The van der Waals surface area contributed by atoms with Gasteiger partial charge in [-0.25, -0.2) is 9.59 Å². The van der Waals surface area contributed by atoms with Crippen molar-refractivity contribution in [1.82, 2.24) is 15.5 Å². The number of carbonyl (C=O) groups excluding carboxylic acids is 5. The highest BCUT2D eigenvalue weighted by Crippen LogP contribution is 2.41. The fourth-order valence-electron chi connectivity index (χ4n) is 8.43. The van der Waals surface area contributed by atoms with Crippen LogP contribution in [0.3, 0.4) is 0 Å². The van der Waals surface area contributed by atoms with Crippen LogP contribution < -0.4 is 20.1 Å². The van der Waals surface area contributed by atoms with Crippen molar-refractivity contribution in [2.24, 2.45) is 11.8 Å². The fraction of sp³-hybridized carbons (Fsp3) is 0.464. The van der Waals surface area contributed by atoms with Gasteiger partial charge in [0.05, 0.1) is 13.2 Å². The second-order valence-corrected chi connectivity index (χ2v) is 19.1. The van der Waals surface area contributed by atoms with Crippen LogP contribution in [0.2, 0.25) is 0 Å². The van der Waals surface area contributed by atoms with Gasteiger partial charge in [-0.15, -0.1) is 0 Å². The molecule has 1 heterocycles. The van der Waals surface area contributed by atoms with Gasteiger partial charge in [0.25, 0.3) is 0 Å². The number of carboxylic acids is 1. The second kappa shape index (κ2) is 25.2. The first-order valence-electron chi connectivity index (χ1n) is 24.5. The van der Waals surface area contributed by atoms with E-state index in [1.165, 1.54) is 10.5 Å². The van der Waals surface area contributed by atoms with E-state index in [4.69, 9.17) is 14.2 Å². The standard InChI is InChI=1S/C56H71N3O10/c1-9-12-14-37-16-19-39(20-17-37)40-21-23-41(24-22-40)47(60)35-43(15-13-10-2)53(63)59(8)51-42-25-27-50(67-29-11-3)45(34-42)44-32-38(33-46(54(64)65)58-52(62)36(4)31-48(51)61)18-26-49(44)68-30-28-57-55(66)69-56(5,6)7/h16-27,32,34,36,43,46,51H,9-15,28-31,33,35H2,1-8H3,(H,57,66)(H,58,62)(H,64,65)/t36-,43-,46+,51+/m1/s1. The van der Waals surface area contributed by atoms with E-state index in [0.717, 1.165) is 36.8 Å². The van der Waals surface area contributed by atoms with Crippen molar-refractivity contribution in [2.75, 3.05) is 26.8 Å². The minimum atomic E-state index is -1.33. The third kappa shape index (κ3) is 15.2. The zero-order chi connectivity index (χ0) is 50.3. The Morgan fingerprint density at radius 2 is 1.42 bits per heavy atom. The van der Waals surface area contributed by atoms with Crippen LogP contribution in [0.4, 0.5) is 4.79 Å². The van der Waals surface area contributed by atoms with Crippen molar-refractivity contribution in [1.29, 1.82) is 0 Å². The number of carbonyl (C=O) groups is 6. The molecule has 3 amide bonds. The molecule has 0 radical (unpaired) electrons. The molecule has 0 saturated carbocycles. The monoisotopic (exact) mass is 946 g/mol. The molecule has 0 aliphatic carbocycles. The average Bonchev–Trinajstić information content (AvgIpc) is 3.32. The van der Waals surface area contributed by atoms with Crippen molar-refractivity contribution < 1.29 is 48.1 Å². The highest BCUT2D eigenvalue weighted by Gasteiger charge is 2.36. The molecule has 1 aliphatic heterocycles. The van der Waals surface area contributed by atoms with Crippen LogP contribution in [-0.2, 0) is 36.8 Å². The van der Waals surface area contributed by atoms with E-state index >= 15 is 0 Å². The minimum Gasteiger partial charge on any atom is -0.493 e. The summed E-state index contributed by atoms with van der Waals surface area (Å²) in [5.41, 5.74) is 5.14. The maximum atomic E-state index is 14.9. The van der Waals surface area contributed by atoms with E-state index in [1.807, 2.05) is 26.0 Å². The molecule has 4 aromatic carbocycles. The summed E-state index contributed by atoms with van der Waals surface area (Å²) in [6.45, 7) is 13.5. The van der Waals surface area contributed by atoms with Crippen LogP contribution in [0.25, 0.3) is 22.3 Å². The molecular formula is C56H71N3O10. The number of amides is 3. The van der Waals surface area contributed by atoms with Gasteiger partial charge >= 0.3 is 12.1 Å². The van der Waals surface area contributed by atoms with Gasteiger partial charge in [-0.1, -0.05) is 108 Å². The Labute approximate surface area is 407 Å². The summed E-state index contributed by atoms with van der Waals surface area (Å²) < 4.78 is 17.9.